The topological polar surface area (TPSA) is 43.4 Å². The van der Waals surface area contributed by atoms with Crippen LogP contribution in [0.5, 0.6) is 11.6 Å². The fourth-order valence-corrected chi connectivity index (χ4v) is 1.85. The molecule has 0 fully saturated rings. The largest absolute Gasteiger partial charge is 0.490 e. The highest BCUT2D eigenvalue weighted by Gasteiger charge is 1.98. The van der Waals surface area contributed by atoms with E-state index in [-0.39, 0.29) is 0 Å². The molecule has 0 bridgehead atoms. The van der Waals surface area contributed by atoms with E-state index >= 15 is 0 Å². The second kappa shape index (κ2) is 8.07. The number of methoxy groups -OCH3 is 1. The first kappa shape index (κ1) is 15.1. The third-order valence-electron chi connectivity index (χ3n) is 2.96. The third kappa shape index (κ3) is 4.93. The first-order valence-corrected chi connectivity index (χ1v) is 6.84. The number of rotatable bonds is 8. The summed E-state index contributed by atoms with van der Waals surface area (Å²) in [5, 5.41) is 3.38. The normalized spacial score (nSPS) is 10.1. The molecule has 110 valence electrons. The van der Waals surface area contributed by atoms with E-state index in [0.29, 0.717) is 12.5 Å². The summed E-state index contributed by atoms with van der Waals surface area (Å²) in [6.45, 7) is 5.72. The Labute approximate surface area is 125 Å². The summed E-state index contributed by atoms with van der Waals surface area (Å²) in [7, 11) is 1.61. The summed E-state index contributed by atoms with van der Waals surface area (Å²) in [5.41, 5.74) is 2.34. The maximum Gasteiger partial charge on any atom is 0.212 e. The van der Waals surface area contributed by atoms with Crippen LogP contribution in [-0.4, -0.2) is 18.7 Å². The smallest absolute Gasteiger partial charge is 0.212 e. The van der Waals surface area contributed by atoms with Crippen LogP contribution < -0.4 is 14.8 Å². The third-order valence-corrected chi connectivity index (χ3v) is 2.96. The van der Waals surface area contributed by atoms with E-state index in [2.05, 4.69) is 29.0 Å². The molecule has 4 heteroatoms. The van der Waals surface area contributed by atoms with Crippen LogP contribution >= 0.6 is 0 Å². The number of nitrogens with one attached hydrogen (secondary N) is 1. The summed E-state index contributed by atoms with van der Waals surface area (Å²) in [6.07, 6.45) is 3.55. The predicted octanol–water partition coefficient (Wildman–Crippen LogP) is 2.94. The summed E-state index contributed by atoms with van der Waals surface area (Å²) < 4.78 is 10.5. The van der Waals surface area contributed by atoms with Gasteiger partial charge in [0.15, 0.2) is 0 Å². The molecule has 21 heavy (non-hydrogen) atoms. The molecule has 0 spiro atoms. The van der Waals surface area contributed by atoms with Crippen molar-refractivity contribution in [2.75, 3.05) is 13.7 Å². The van der Waals surface area contributed by atoms with Gasteiger partial charge in [-0.05, 0) is 23.3 Å². The van der Waals surface area contributed by atoms with E-state index in [1.807, 2.05) is 30.5 Å². The van der Waals surface area contributed by atoms with Gasteiger partial charge in [0.1, 0.15) is 12.4 Å². The Morgan fingerprint density at radius 1 is 1.10 bits per heavy atom. The second-order valence-corrected chi connectivity index (χ2v) is 4.56. The molecule has 4 nitrogen and oxygen atoms in total. The molecular formula is C17H20N2O2. The number of pyridine rings is 1. The monoisotopic (exact) mass is 284 g/mol. The van der Waals surface area contributed by atoms with Gasteiger partial charge >= 0.3 is 0 Å². The van der Waals surface area contributed by atoms with Crippen LogP contribution in [0.3, 0.4) is 0 Å². The minimum absolute atomic E-state index is 0.530. The van der Waals surface area contributed by atoms with E-state index in [9.17, 15) is 0 Å². The lowest BCUT2D eigenvalue weighted by Gasteiger charge is -2.07. The van der Waals surface area contributed by atoms with Crippen molar-refractivity contribution in [3.05, 3.63) is 66.4 Å². The molecule has 0 saturated carbocycles. The average Bonchev–Trinajstić information content (AvgIpc) is 2.55. The second-order valence-electron chi connectivity index (χ2n) is 4.56. The number of ether oxygens (including phenoxy) is 2. The Balaban J connectivity index is 1.78. The minimum Gasteiger partial charge on any atom is -0.490 e. The van der Waals surface area contributed by atoms with E-state index in [1.165, 1.54) is 5.56 Å². The van der Waals surface area contributed by atoms with Gasteiger partial charge < -0.3 is 14.8 Å². The zero-order valence-corrected chi connectivity index (χ0v) is 12.2. The van der Waals surface area contributed by atoms with Crippen LogP contribution in [0.25, 0.3) is 0 Å². The number of aromatic nitrogens is 1. The maximum absolute atomic E-state index is 5.45. The summed E-state index contributed by atoms with van der Waals surface area (Å²) >= 11 is 0. The van der Waals surface area contributed by atoms with Gasteiger partial charge in [0.05, 0.1) is 7.11 Å². The molecule has 1 aromatic heterocycles. The molecule has 1 aromatic carbocycles. The van der Waals surface area contributed by atoms with Crippen LogP contribution in [0.4, 0.5) is 0 Å². The lowest BCUT2D eigenvalue weighted by atomic mass is 10.2. The van der Waals surface area contributed by atoms with Gasteiger partial charge in [-0.3, -0.25) is 0 Å². The summed E-state index contributed by atoms with van der Waals surface area (Å²) in [6, 6.07) is 11.9. The first-order chi connectivity index (χ1) is 10.3. The van der Waals surface area contributed by atoms with Crippen LogP contribution in [0.1, 0.15) is 11.1 Å². The molecule has 0 unspecified atom stereocenters. The van der Waals surface area contributed by atoms with Gasteiger partial charge in [-0.1, -0.05) is 30.9 Å². The first-order valence-electron chi connectivity index (χ1n) is 6.84. The van der Waals surface area contributed by atoms with Gasteiger partial charge in [0.25, 0.3) is 0 Å². The molecule has 2 rings (SSSR count). The van der Waals surface area contributed by atoms with Crippen molar-refractivity contribution in [3.63, 3.8) is 0 Å². The Morgan fingerprint density at radius 2 is 1.81 bits per heavy atom. The van der Waals surface area contributed by atoms with Crippen molar-refractivity contribution in [2.24, 2.45) is 0 Å². The van der Waals surface area contributed by atoms with Crippen molar-refractivity contribution in [1.29, 1.82) is 0 Å². The number of nitrogens with zero attached hydrogens (tertiary/aromatic N) is 1. The van der Waals surface area contributed by atoms with Crippen LogP contribution in [-0.2, 0) is 13.1 Å². The molecule has 1 heterocycles. The van der Waals surface area contributed by atoms with E-state index in [4.69, 9.17) is 9.47 Å². The Hall–Kier alpha value is -2.33. The molecule has 0 amide bonds. The zero-order valence-electron chi connectivity index (χ0n) is 12.2. The van der Waals surface area contributed by atoms with Crippen LogP contribution in [0.15, 0.2) is 55.3 Å². The van der Waals surface area contributed by atoms with Crippen molar-refractivity contribution in [3.8, 4) is 11.6 Å². The minimum atomic E-state index is 0.530. The lowest BCUT2D eigenvalue weighted by molar-refractivity contribution is 0.363. The number of hydrogen-bond donors (Lipinski definition) is 1. The van der Waals surface area contributed by atoms with Crippen molar-refractivity contribution in [2.45, 2.75) is 13.1 Å². The average molecular weight is 284 g/mol. The number of benzene rings is 1. The highest BCUT2D eigenvalue weighted by Crippen LogP contribution is 2.12. The molecule has 0 aliphatic carbocycles. The standard InChI is InChI=1S/C17H20N2O2/c1-3-10-21-16-7-4-14(5-8-16)11-18-12-15-6-9-17(20-2)19-13-15/h3-9,13,18H,1,10-12H2,2H3. The molecule has 0 aliphatic rings. The Morgan fingerprint density at radius 3 is 2.43 bits per heavy atom. The van der Waals surface area contributed by atoms with E-state index in [0.717, 1.165) is 24.4 Å². The Bertz CT molecular complexity index is 550. The van der Waals surface area contributed by atoms with Gasteiger partial charge in [-0.25, -0.2) is 4.98 Å². The Kier molecular flexibility index (Phi) is 5.79. The van der Waals surface area contributed by atoms with Crippen molar-refractivity contribution >= 4 is 0 Å². The highest BCUT2D eigenvalue weighted by atomic mass is 16.5. The van der Waals surface area contributed by atoms with E-state index < -0.39 is 0 Å². The van der Waals surface area contributed by atoms with Crippen molar-refractivity contribution < 1.29 is 9.47 Å². The SMILES string of the molecule is C=CCOc1ccc(CNCc2ccc(OC)nc2)cc1. The molecular weight excluding hydrogens is 264 g/mol. The fraction of sp³-hybridized carbons (Fsp3) is 0.235. The molecule has 0 atom stereocenters. The maximum atomic E-state index is 5.45. The van der Waals surface area contributed by atoms with Gasteiger partial charge in [-0.2, -0.15) is 0 Å². The molecule has 0 aliphatic heterocycles. The lowest BCUT2D eigenvalue weighted by Crippen LogP contribution is -2.12. The highest BCUT2D eigenvalue weighted by molar-refractivity contribution is 5.27. The molecule has 0 saturated heterocycles. The molecule has 2 aromatic rings. The molecule has 1 N–H and O–H groups in total. The summed E-state index contributed by atoms with van der Waals surface area (Å²) in [5.74, 6) is 1.49. The summed E-state index contributed by atoms with van der Waals surface area (Å²) in [4.78, 5) is 4.18. The van der Waals surface area contributed by atoms with Gasteiger partial charge in [0.2, 0.25) is 5.88 Å². The van der Waals surface area contributed by atoms with Gasteiger partial charge in [-0.15, -0.1) is 0 Å². The molecule has 0 radical (unpaired) electrons. The predicted molar refractivity (Wildman–Crippen MR) is 83.5 cm³/mol. The quantitative estimate of drug-likeness (QED) is 0.757. The number of hydrogen-bond acceptors (Lipinski definition) is 4. The van der Waals surface area contributed by atoms with Gasteiger partial charge in [0, 0.05) is 25.4 Å². The fourth-order valence-electron chi connectivity index (χ4n) is 1.85. The van der Waals surface area contributed by atoms with Crippen molar-refractivity contribution in [1.82, 2.24) is 10.3 Å². The van der Waals surface area contributed by atoms with Crippen LogP contribution in [0, 0.1) is 0 Å². The van der Waals surface area contributed by atoms with E-state index in [1.54, 1.807) is 13.2 Å². The van der Waals surface area contributed by atoms with Crippen LogP contribution in [0.2, 0.25) is 0 Å². The zero-order chi connectivity index (χ0) is 14.9.